The Hall–Kier alpha value is -3.02. The van der Waals surface area contributed by atoms with Gasteiger partial charge >= 0.3 is 0 Å². The second-order valence-corrected chi connectivity index (χ2v) is 5.50. The van der Waals surface area contributed by atoms with Crippen molar-refractivity contribution in [2.45, 2.75) is 12.8 Å². The topological polar surface area (TPSA) is 81.5 Å². The fraction of sp³-hybridized carbons (Fsp3) is 0.111. The van der Waals surface area contributed by atoms with Crippen LogP contribution in [0.3, 0.4) is 0 Å². The van der Waals surface area contributed by atoms with Gasteiger partial charge in [0.2, 0.25) is 0 Å². The van der Waals surface area contributed by atoms with E-state index in [9.17, 15) is 13.6 Å². The number of allylic oxidation sites excluding steroid dienone is 1. The number of carbonyl (C=O) groups is 1. The van der Waals surface area contributed by atoms with Crippen molar-refractivity contribution in [2.75, 3.05) is 0 Å². The van der Waals surface area contributed by atoms with E-state index >= 15 is 0 Å². The van der Waals surface area contributed by atoms with Crippen LogP contribution in [0.1, 0.15) is 33.5 Å². The van der Waals surface area contributed by atoms with Crippen molar-refractivity contribution >= 4 is 17.4 Å². The summed E-state index contributed by atoms with van der Waals surface area (Å²) < 4.78 is 27.6. The van der Waals surface area contributed by atoms with Gasteiger partial charge < -0.3 is 11.5 Å². The van der Waals surface area contributed by atoms with Gasteiger partial charge in [0.05, 0.1) is 0 Å². The van der Waals surface area contributed by atoms with E-state index in [0.29, 0.717) is 23.1 Å². The third kappa shape index (κ3) is 3.03. The molecule has 2 aromatic rings. The lowest BCUT2D eigenvalue weighted by molar-refractivity contribution is 0.100. The Balaban J connectivity index is 2.12. The average molecular weight is 327 g/mol. The van der Waals surface area contributed by atoms with E-state index in [4.69, 9.17) is 11.5 Å². The summed E-state index contributed by atoms with van der Waals surface area (Å²) in [5, 5.41) is 0. The van der Waals surface area contributed by atoms with Gasteiger partial charge in [0.25, 0.3) is 5.91 Å². The smallest absolute Gasteiger partial charge is 0.280 e. The van der Waals surface area contributed by atoms with E-state index in [1.54, 1.807) is 18.2 Å². The number of nitrogens with two attached hydrogens (primary N) is 2. The van der Waals surface area contributed by atoms with Crippen molar-refractivity contribution in [1.82, 2.24) is 0 Å². The van der Waals surface area contributed by atoms with E-state index in [0.717, 1.165) is 5.56 Å². The van der Waals surface area contributed by atoms with Gasteiger partial charge in [-0.1, -0.05) is 18.2 Å². The molecule has 2 aromatic carbocycles. The highest BCUT2D eigenvalue weighted by Crippen LogP contribution is 2.37. The molecule has 0 fully saturated rings. The summed E-state index contributed by atoms with van der Waals surface area (Å²) in [5.74, 6) is -1.62. The third-order valence-electron chi connectivity index (χ3n) is 3.87. The Morgan fingerprint density at radius 1 is 1.00 bits per heavy atom. The Labute approximate surface area is 137 Å². The highest BCUT2D eigenvalue weighted by atomic mass is 19.1. The first-order valence-electron chi connectivity index (χ1n) is 7.37. The molecule has 0 saturated heterocycles. The van der Waals surface area contributed by atoms with E-state index in [-0.39, 0.29) is 23.8 Å². The maximum atomic E-state index is 14.5. The van der Waals surface area contributed by atoms with Crippen molar-refractivity contribution in [3.63, 3.8) is 0 Å². The van der Waals surface area contributed by atoms with Crippen LogP contribution in [0.4, 0.5) is 8.78 Å². The molecule has 0 aliphatic heterocycles. The largest absolute Gasteiger partial charge is 0.370 e. The number of rotatable bonds is 2. The lowest BCUT2D eigenvalue weighted by atomic mass is 9.85. The minimum absolute atomic E-state index is 0.261. The van der Waals surface area contributed by atoms with Crippen molar-refractivity contribution < 1.29 is 13.6 Å². The average Bonchev–Trinajstić information content (AvgIpc) is 2.55. The number of guanidine groups is 1. The fourth-order valence-electron chi connectivity index (χ4n) is 2.79. The van der Waals surface area contributed by atoms with Crippen molar-refractivity contribution in [1.29, 1.82) is 0 Å². The zero-order chi connectivity index (χ0) is 17.3. The van der Waals surface area contributed by atoms with Crippen LogP contribution in [-0.2, 0) is 6.42 Å². The zero-order valence-electron chi connectivity index (χ0n) is 12.7. The number of aryl methyl sites for hydroxylation is 1. The Bertz CT molecular complexity index is 866. The quantitative estimate of drug-likeness (QED) is 0.657. The Morgan fingerprint density at radius 3 is 2.38 bits per heavy atom. The van der Waals surface area contributed by atoms with Crippen LogP contribution < -0.4 is 11.5 Å². The number of nitrogens with zero attached hydrogens (tertiary/aromatic N) is 1. The number of halogens is 2. The van der Waals surface area contributed by atoms with Crippen LogP contribution in [-0.4, -0.2) is 11.9 Å². The molecule has 1 amide bonds. The monoisotopic (exact) mass is 327 g/mol. The number of aliphatic imine (C=N–C) groups is 1. The van der Waals surface area contributed by atoms with Crippen LogP contribution in [0.5, 0.6) is 0 Å². The molecule has 1 aliphatic rings. The third-order valence-corrected chi connectivity index (χ3v) is 3.87. The maximum absolute atomic E-state index is 14.5. The summed E-state index contributed by atoms with van der Waals surface area (Å²) in [6.07, 6.45) is 0.795. The van der Waals surface area contributed by atoms with Crippen LogP contribution >= 0.6 is 0 Å². The van der Waals surface area contributed by atoms with Gasteiger partial charge in [-0.15, -0.1) is 0 Å². The first-order valence-corrected chi connectivity index (χ1v) is 7.37. The molecule has 0 spiro atoms. The molecule has 0 aromatic heterocycles. The molecule has 0 bridgehead atoms. The van der Waals surface area contributed by atoms with Crippen molar-refractivity contribution in [3.05, 3.63) is 76.4 Å². The number of benzene rings is 2. The number of fused-ring (bicyclic) bond motifs is 1. The van der Waals surface area contributed by atoms with Gasteiger partial charge in [0.1, 0.15) is 11.6 Å². The van der Waals surface area contributed by atoms with Crippen molar-refractivity contribution in [2.24, 2.45) is 16.5 Å². The molecule has 24 heavy (non-hydrogen) atoms. The predicted molar refractivity (Wildman–Crippen MR) is 88.4 cm³/mol. The summed E-state index contributed by atoms with van der Waals surface area (Å²) in [6.45, 7) is 0. The Kier molecular flexibility index (Phi) is 4.12. The first kappa shape index (κ1) is 15.9. The van der Waals surface area contributed by atoms with Gasteiger partial charge in [-0.3, -0.25) is 4.79 Å². The van der Waals surface area contributed by atoms with Gasteiger partial charge in [0.15, 0.2) is 5.96 Å². The van der Waals surface area contributed by atoms with Crippen LogP contribution in [0, 0.1) is 5.82 Å². The van der Waals surface area contributed by atoms with E-state index in [1.165, 1.54) is 24.3 Å². The molecule has 0 atom stereocenters. The fourth-order valence-corrected chi connectivity index (χ4v) is 2.79. The predicted octanol–water partition coefficient (Wildman–Crippen LogP) is 2.91. The minimum atomic E-state index is -0.595. The molecule has 0 heterocycles. The standard InChI is InChI=1S/C18H15F2N3O/c19-13-6-3-11(4-7-13)16-14-9-12(17(24)23-18(21)22)2-1-10(14)5-8-15(16)20/h1-4,6-7,9H,5,8H2,(H4,21,22,23,24). The van der Waals surface area contributed by atoms with Crippen LogP contribution in [0.2, 0.25) is 0 Å². The van der Waals surface area contributed by atoms with Crippen molar-refractivity contribution in [3.8, 4) is 0 Å². The van der Waals surface area contributed by atoms with Gasteiger partial charge in [-0.05, 0) is 47.4 Å². The second-order valence-electron chi connectivity index (χ2n) is 5.50. The van der Waals surface area contributed by atoms with Crippen LogP contribution in [0.25, 0.3) is 5.57 Å². The second kappa shape index (κ2) is 6.23. The first-order chi connectivity index (χ1) is 11.5. The molecule has 6 heteroatoms. The lowest BCUT2D eigenvalue weighted by Crippen LogP contribution is -2.24. The molecule has 0 saturated carbocycles. The molecular formula is C18H15F2N3O. The highest BCUT2D eigenvalue weighted by molar-refractivity contribution is 6.02. The number of hydrogen-bond acceptors (Lipinski definition) is 1. The minimum Gasteiger partial charge on any atom is -0.370 e. The number of carbonyl (C=O) groups excluding carboxylic acids is 1. The number of hydrogen-bond donors (Lipinski definition) is 2. The molecule has 4 nitrogen and oxygen atoms in total. The summed E-state index contributed by atoms with van der Waals surface area (Å²) in [6, 6.07) is 10.5. The summed E-state index contributed by atoms with van der Waals surface area (Å²) in [4.78, 5) is 15.5. The van der Waals surface area contributed by atoms with Gasteiger partial charge in [-0.2, -0.15) is 4.99 Å². The zero-order valence-corrected chi connectivity index (χ0v) is 12.7. The molecule has 4 N–H and O–H groups in total. The normalized spacial score (nSPS) is 13.4. The summed E-state index contributed by atoms with van der Waals surface area (Å²) in [7, 11) is 0. The van der Waals surface area contributed by atoms with Crippen LogP contribution in [0.15, 0.2) is 53.3 Å². The molecule has 122 valence electrons. The molecule has 0 radical (unpaired) electrons. The number of amides is 1. The summed E-state index contributed by atoms with van der Waals surface area (Å²) >= 11 is 0. The Morgan fingerprint density at radius 2 is 1.71 bits per heavy atom. The molecule has 3 rings (SSSR count). The molecule has 0 unspecified atom stereocenters. The van der Waals surface area contributed by atoms with E-state index < -0.39 is 11.7 Å². The molecular weight excluding hydrogens is 312 g/mol. The SMILES string of the molecule is NC(N)=NC(=O)c1ccc2c(c1)C(c1ccc(F)cc1)=C(F)CC2. The lowest BCUT2D eigenvalue weighted by Gasteiger charge is -2.20. The van der Waals surface area contributed by atoms with Gasteiger partial charge in [-0.25, -0.2) is 8.78 Å². The maximum Gasteiger partial charge on any atom is 0.280 e. The van der Waals surface area contributed by atoms with E-state index in [1.807, 2.05) is 0 Å². The molecule has 1 aliphatic carbocycles. The summed E-state index contributed by atoms with van der Waals surface area (Å²) in [5.41, 5.74) is 13.2. The van der Waals surface area contributed by atoms with E-state index in [2.05, 4.69) is 4.99 Å². The highest BCUT2D eigenvalue weighted by Gasteiger charge is 2.22. The van der Waals surface area contributed by atoms with Gasteiger partial charge in [0, 0.05) is 17.6 Å².